The van der Waals surface area contributed by atoms with Crippen LogP contribution in [0, 0.1) is 12.7 Å². The second-order valence-electron chi connectivity index (χ2n) is 7.99. The molecular formula is C24H27ClFN5S. The Hall–Kier alpha value is -2.48. The fraction of sp³-hybridized carbons (Fsp3) is 0.333. The summed E-state index contributed by atoms with van der Waals surface area (Å²) in [4.78, 5) is 9.74. The van der Waals surface area contributed by atoms with Crippen molar-refractivity contribution in [3.8, 4) is 0 Å². The molecule has 2 N–H and O–H groups in total. The van der Waals surface area contributed by atoms with Crippen LogP contribution in [0.15, 0.2) is 42.5 Å². The summed E-state index contributed by atoms with van der Waals surface area (Å²) in [5, 5.41) is 8.27. The summed E-state index contributed by atoms with van der Waals surface area (Å²) >= 11 is 11.5. The van der Waals surface area contributed by atoms with Crippen LogP contribution in [0.3, 0.4) is 0 Å². The number of likely N-dealkylation sites (N-methyl/N-ethyl adjacent to an activating group) is 1. The highest BCUT2D eigenvalue weighted by Gasteiger charge is 2.18. The SMILES string of the molecule is CCN1CCN(c2cc(C)c3cc(NC(=S)NCc4ccc(F)cc4Cl)ccc3n2)CC1. The average Bonchev–Trinajstić information content (AvgIpc) is 2.79. The number of nitrogens with zero attached hydrogens (tertiary/aromatic N) is 3. The molecule has 0 bridgehead atoms. The standard InChI is InChI=1S/C24H27ClFN5S/c1-3-30-8-10-31(11-9-30)23-12-16(2)20-14-19(6-7-22(20)29-23)28-24(32)27-15-17-4-5-18(26)13-21(17)25/h4-7,12-14H,3,8-11,15H2,1-2H3,(H2,27,28,32). The molecule has 0 atom stereocenters. The van der Waals surface area contributed by atoms with E-state index in [1.807, 2.05) is 12.1 Å². The molecule has 0 saturated carbocycles. The number of halogens is 2. The van der Waals surface area contributed by atoms with Crippen LogP contribution < -0.4 is 15.5 Å². The van der Waals surface area contributed by atoms with E-state index >= 15 is 0 Å². The number of hydrogen-bond donors (Lipinski definition) is 2. The molecule has 2 aromatic carbocycles. The van der Waals surface area contributed by atoms with Crippen LogP contribution in [0.5, 0.6) is 0 Å². The second-order valence-corrected chi connectivity index (χ2v) is 8.81. The molecule has 0 unspecified atom stereocenters. The number of piperazine rings is 1. The van der Waals surface area contributed by atoms with Gasteiger partial charge in [-0.1, -0.05) is 24.6 Å². The van der Waals surface area contributed by atoms with Crippen LogP contribution in [0.2, 0.25) is 5.02 Å². The molecule has 0 amide bonds. The lowest BCUT2D eigenvalue weighted by Crippen LogP contribution is -2.46. The molecule has 1 aromatic heterocycles. The van der Waals surface area contributed by atoms with E-state index < -0.39 is 0 Å². The molecule has 0 aliphatic carbocycles. The maximum Gasteiger partial charge on any atom is 0.171 e. The van der Waals surface area contributed by atoms with Crippen LogP contribution >= 0.6 is 23.8 Å². The van der Waals surface area contributed by atoms with E-state index in [4.69, 9.17) is 28.8 Å². The van der Waals surface area contributed by atoms with Gasteiger partial charge in [0, 0.05) is 48.8 Å². The molecule has 3 aromatic rings. The van der Waals surface area contributed by atoms with Crippen molar-refractivity contribution in [2.24, 2.45) is 0 Å². The number of pyridine rings is 1. The minimum absolute atomic E-state index is 0.356. The highest BCUT2D eigenvalue weighted by molar-refractivity contribution is 7.80. The van der Waals surface area contributed by atoms with Crippen molar-refractivity contribution >= 4 is 51.3 Å². The monoisotopic (exact) mass is 471 g/mol. The first kappa shape index (κ1) is 22.7. The van der Waals surface area contributed by atoms with Gasteiger partial charge in [0.25, 0.3) is 0 Å². The summed E-state index contributed by atoms with van der Waals surface area (Å²) in [7, 11) is 0. The van der Waals surface area contributed by atoms with E-state index in [-0.39, 0.29) is 5.82 Å². The summed E-state index contributed by atoms with van der Waals surface area (Å²) in [6.07, 6.45) is 0. The Labute approximate surface area is 198 Å². The van der Waals surface area contributed by atoms with Crippen LogP contribution in [0.25, 0.3) is 10.9 Å². The topological polar surface area (TPSA) is 43.4 Å². The van der Waals surface area contributed by atoms with Gasteiger partial charge < -0.3 is 20.4 Å². The molecule has 4 rings (SSSR count). The van der Waals surface area contributed by atoms with Crippen molar-refractivity contribution in [2.75, 3.05) is 42.9 Å². The predicted molar refractivity (Wildman–Crippen MR) is 135 cm³/mol. The third-order valence-electron chi connectivity index (χ3n) is 5.86. The van der Waals surface area contributed by atoms with Gasteiger partial charge in [0.2, 0.25) is 0 Å². The Morgan fingerprint density at radius 2 is 1.91 bits per heavy atom. The lowest BCUT2D eigenvalue weighted by Gasteiger charge is -2.35. The summed E-state index contributed by atoms with van der Waals surface area (Å²) in [5.41, 5.74) is 3.82. The van der Waals surface area contributed by atoms with Gasteiger partial charge in [0.1, 0.15) is 11.6 Å². The zero-order valence-corrected chi connectivity index (χ0v) is 19.9. The Morgan fingerprint density at radius 1 is 1.12 bits per heavy atom. The first-order chi connectivity index (χ1) is 15.4. The Bertz CT molecular complexity index is 1130. The molecule has 168 valence electrons. The third kappa shape index (κ3) is 5.28. The van der Waals surface area contributed by atoms with E-state index in [0.717, 1.165) is 60.7 Å². The first-order valence-electron chi connectivity index (χ1n) is 10.8. The van der Waals surface area contributed by atoms with Crippen molar-refractivity contribution in [1.82, 2.24) is 15.2 Å². The number of aromatic nitrogens is 1. The predicted octanol–water partition coefficient (Wildman–Crippen LogP) is 4.96. The number of aryl methyl sites for hydroxylation is 1. The van der Waals surface area contributed by atoms with Gasteiger partial charge in [-0.05, 0) is 73.2 Å². The molecular weight excluding hydrogens is 445 g/mol. The maximum atomic E-state index is 13.2. The van der Waals surface area contributed by atoms with Crippen LogP contribution in [0.1, 0.15) is 18.1 Å². The van der Waals surface area contributed by atoms with Crippen molar-refractivity contribution < 1.29 is 4.39 Å². The summed E-state index contributed by atoms with van der Waals surface area (Å²) in [6.45, 7) is 9.99. The maximum absolute atomic E-state index is 13.2. The van der Waals surface area contributed by atoms with Crippen molar-refractivity contribution in [3.63, 3.8) is 0 Å². The Morgan fingerprint density at radius 3 is 2.62 bits per heavy atom. The minimum atomic E-state index is -0.356. The smallest absolute Gasteiger partial charge is 0.171 e. The van der Waals surface area contributed by atoms with Crippen LogP contribution in [-0.2, 0) is 6.54 Å². The summed E-state index contributed by atoms with van der Waals surface area (Å²) < 4.78 is 13.2. The molecule has 1 aliphatic rings. The highest BCUT2D eigenvalue weighted by Crippen LogP contribution is 2.26. The van der Waals surface area contributed by atoms with E-state index in [1.165, 1.54) is 17.7 Å². The van der Waals surface area contributed by atoms with Crippen LogP contribution in [-0.4, -0.2) is 47.7 Å². The fourth-order valence-electron chi connectivity index (χ4n) is 3.93. The number of rotatable bonds is 5. The molecule has 32 heavy (non-hydrogen) atoms. The van der Waals surface area contributed by atoms with E-state index in [0.29, 0.717) is 16.7 Å². The highest BCUT2D eigenvalue weighted by atomic mass is 35.5. The van der Waals surface area contributed by atoms with Gasteiger partial charge >= 0.3 is 0 Å². The van der Waals surface area contributed by atoms with E-state index in [2.05, 4.69) is 46.4 Å². The molecule has 0 radical (unpaired) electrons. The largest absolute Gasteiger partial charge is 0.358 e. The number of anilines is 2. The molecule has 0 spiro atoms. The lowest BCUT2D eigenvalue weighted by molar-refractivity contribution is 0.270. The van der Waals surface area contributed by atoms with Gasteiger partial charge in [-0.15, -0.1) is 0 Å². The second kappa shape index (κ2) is 9.98. The molecule has 2 heterocycles. The Balaban J connectivity index is 1.43. The molecule has 8 heteroatoms. The van der Waals surface area contributed by atoms with Gasteiger partial charge in [0.05, 0.1) is 5.52 Å². The summed E-state index contributed by atoms with van der Waals surface area (Å²) in [5.74, 6) is 0.686. The number of fused-ring (bicyclic) bond motifs is 1. The number of hydrogen-bond acceptors (Lipinski definition) is 4. The van der Waals surface area contributed by atoms with Gasteiger partial charge in [-0.3, -0.25) is 0 Å². The number of thiocarbonyl (C=S) groups is 1. The average molecular weight is 472 g/mol. The number of nitrogens with one attached hydrogen (secondary N) is 2. The minimum Gasteiger partial charge on any atom is -0.358 e. The molecule has 1 fully saturated rings. The van der Waals surface area contributed by atoms with Gasteiger partial charge in [-0.25, -0.2) is 9.37 Å². The zero-order valence-electron chi connectivity index (χ0n) is 18.3. The van der Waals surface area contributed by atoms with Gasteiger partial charge in [0.15, 0.2) is 5.11 Å². The first-order valence-corrected chi connectivity index (χ1v) is 11.6. The summed E-state index contributed by atoms with van der Waals surface area (Å²) in [6, 6.07) is 12.6. The van der Waals surface area contributed by atoms with Crippen molar-refractivity contribution in [3.05, 3.63) is 64.4 Å². The number of benzene rings is 2. The van der Waals surface area contributed by atoms with Crippen molar-refractivity contribution in [2.45, 2.75) is 20.4 Å². The van der Waals surface area contributed by atoms with Crippen molar-refractivity contribution in [1.29, 1.82) is 0 Å². The molecule has 5 nitrogen and oxygen atoms in total. The lowest BCUT2D eigenvalue weighted by atomic mass is 10.1. The van der Waals surface area contributed by atoms with Gasteiger partial charge in [-0.2, -0.15) is 0 Å². The molecule has 1 saturated heterocycles. The zero-order chi connectivity index (χ0) is 22.7. The Kier molecular flexibility index (Phi) is 7.08. The normalized spacial score (nSPS) is 14.6. The van der Waals surface area contributed by atoms with Crippen LogP contribution in [0.4, 0.5) is 15.9 Å². The fourth-order valence-corrected chi connectivity index (χ4v) is 4.35. The quantitative estimate of drug-likeness (QED) is 0.512. The third-order valence-corrected chi connectivity index (χ3v) is 6.46. The van der Waals surface area contributed by atoms with E-state index in [1.54, 1.807) is 6.07 Å². The van der Waals surface area contributed by atoms with E-state index in [9.17, 15) is 4.39 Å². The molecule has 1 aliphatic heterocycles.